The van der Waals surface area contributed by atoms with Crippen LogP contribution in [0.15, 0.2) is 58.0 Å². The lowest BCUT2D eigenvalue weighted by Crippen LogP contribution is -2.14. The van der Waals surface area contributed by atoms with Crippen LogP contribution in [0.25, 0.3) is 22.1 Å². The molecule has 0 aliphatic rings. The molecule has 4 rings (SSSR count). The summed E-state index contributed by atoms with van der Waals surface area (Å²) >= 11 is 1.33. The molecule has 4 aromatic rings. The number of aryl methyl sites for hydroxylation is 1. The number of rotatable bonds is 5. The molecule has 0 saturated carbocycles. The second-order valence-corrected chi connectivity index (χ2v) is 6.88. The van der Waals surface area contributed by atoms with Crippen LogP contribution in [0.3, 0.4) is 0 Å². The maximum absolute atomic E-state index is 12.3. The molecule has 1 N–H and O–H groups in total. The van der Waals surface area contributed by atoms with Crippen LogP contribution in [0.4, 0.5) is 5.69 Å². The molecular weight excluding hydrogens is 362 g/mol. The van der Waals surface area contributed by atoms with Crippen LogP contribution in [0.2, 0.25) is 0 Å². The minimum Gasteiger partial charge on any atom is -0.497 e. The zero-order valence-electron chi connectivity index (χ0n) is 14.9. The number of ether oxygens (including phenoxy) is 1. The van der Waals surface area contributed by atoms with Crippen LogP contribution in [0, 0.1) is 6.92 Å². The zero-order valence-corrected chi connectivity index (χ0v) is 15.7. The number of nitrogens with one attached hydrogen (secondary N) is 1. The van der Waals surface area contributed by atoms with Gasteiger partial charge in [-0.05, 0) is 31.2 Å². The van der Waals surface area contributed by atoms with Crippen molar-refractivity contribution in [2.24, 2.45) is 0 Å². The molecule has 0 unspecified atom stereocenters. The molecule has 0 atom stereocenters. The number of hydrogen-bond acceptors (Lipinski definition) is 6. The standard InChI is InChI=1S/C20H17N3O3S/c1-12-21-18-15-8-3-4-9-16(15)26-19(18)20(22-12)27-11-17(24)23-13-6-5-7-14(10-13)25-2/h3-10H,11H2,1-2H3,(H,23,24). The molecule has 0 bridgehead atoms. The lowest BCUT2D eigenvalue weighted by Gasteiger charge is -2.07. The number of nitrogens with zero attached hydrogens (tertiary/aromatic N) is 2. The molecule has 6 nitrogen and oxygen atoms in total. The van der Waals surface area contributed by atoms with Crippen molar-refractivity contribution in [3.05, 3.63) is 54.4 Å². The molecule has 27 heavy (non-hydrogen) atoms. The van der Waals surface area contributed by atoms with Gasteiger partial charge in [-0.3, -0.25) is 4.79 Å². The molecule has 2 aromatic heterocycles. The number of para-hydroxylation sites is 1. The minimum atomic E-state index is -0.131. The second-order valence-electron chi connectivity index (χ2n) is 5.92. The highest BCUT2D eigenvalue weighted by molar-refractivity contribution is 8.00. The van der Waals surface area contributed by atoms with E-state index in [1.807, 2.05) is 49.4 Å². The van der Waals surface area contributed by atoms with Crippen LogP contribution < -0.4 is 10.1 Å². The van der Waals surface area contributed by atoms with E-state index in [2.05, 4.69) is 15.3 Å². The van der Waals surface area contributed by atoms with E-state index in [-0.39, 0.29) is 11.7 Å². The number of benzene rings is 2. The fraction of sp³-hybridized carbons (Fsp3) is 0.150. The molecule has 2 heterocycles. The lowest BCUT2D eigenvalue weighted by atomic mass is 10.2. The average molecular weight is 379 g/mol. The first-order valence-corrected chi connectivity index (χ1v) is 9.35. The first-order valence-electron chi connectivity index (χ1n) is 8.36. The molecule has 136 valence electrons. The quantitative estimate of drug-likeness (QED) is 0.408. The smallest absolute Gasteiger partial charge is 0.234 e. The highest BCUT2D eigenvalue weighted by Crippen LogP contribution is 2.33. The van der Waals surface area contributed by atoms with Crippen molar-refractivity contribution >= 4 is 45.4 Å². The van der Waals surface area contributed by atoms with E-state index in [0.29, 0.717) is 27.9 Å². The Morgan fingerprint density at radius 3 is 2.89 bits per heavy atom. The summed E-state index contributed by atoms with van der Waals surface area (Å²) in [6.45, 7) is 1.83. The van der Waals surface area contributed by atoms with Crippen molar-refractivity contribution < 1.29 is 13.9 Å². The van der Waals surface area contributed by atoms with E-state index in [9.17, 15) is 4.79 Å². The Bertz CT molecular complexity index is 1140. The molecule has 0 radical (unpaired) electrons. The van der Waals surface area contributed by atoms with Crippen molar-refractivity contribution in [3.63, 3.8) is 0 Å². The summed E-state index contributed by atoms with van der Waals surface area (Å²) in [6.07, 6.45) is 0. The summed E-state index contributed by atoms with van der Waals surface area (Å²) in [7, 11) is 1.59. The number of amides is 1. The van der Waals surface area contributed by atoms with Crippen molar-refractivity contribution in [1.29, 1.82) is 0 Å². The van der Waals surface area contributed by atoms with E-state index in [0.717, 1.165) is 16.5 Å². The molecule has 0 fully saturated rings. The van der Waals surface area contributed by atoms with Crippen LogP contribution in [0.5, 0.6) is 5.75 Å². The van der Waals surface area contributed by atoms with Gasteiger partial charge >= 0.3 is 0 Å². The van der Waals surface area contributed by atoms with Crippen molar-refractivity contribution in [2.75, 3.05) is 18.2 Å². The fourth-order valence-corrected chi connectivity index (χ4v) is 3.61. The molecular formula is C20H17N3O3S. The van der Waals surface area contributed by atoms with Crippen LogP contribution in [-0.4, -0.2) is 28.7 Å². The van der Waals surface area contributed by atoms with Gasteiger partial charge in [-0.15, -0.1) is 0 Å². The van der Waals surface area contributed by atoms with Gasteiger partial charge in [-0.2, -0.15) is 0 Å². The third kappa shape index (κ3) is 3.59. The summed E-state index contributed by atoms with van der Waals surface area (Å²) < 4.78 is 11.1. The number of aromatic nitrogens is 2. The Morgan fingerprint density at radius 2 is 2.04 bits per heavy atom. The molecule has 0 spiro atoms. The Morgan fingerprint density at radius 1 is 1.19 bits per heavy atom. The van der Waals surface area contributed by atoms with E-state index < -0.39 is 0 Å². The third-order valence-electron chi connectivity index (χ3n) is 3.99. The molecule has 1 amide bonds. The zero-order chi connectivity index (χ0) is 18.8. The largest absolute Gasteiger partial charge is 0.497 e. The summed E-state index contributed by atoms with van der Waals surface area (Å²) in [4.78, 5) is 21.3. The van der Waals surface area contributed by atoms with Crippen LogP contribution in [0.1, 0.15) is 5.82 Å². The Hall–Kier alpha value is -3.06. The molecule has 7 heteroatoms. The number of carbonyl (C=O) groups excluding carboxylic acids is 1. The molecule has 2 aromatic carbocycles. The minimum absolute atomic E-state index is 0.131. The van der Waals surface area contributed by atoms with Gasteiger partial charge in [-0.25, -0.2) is 9.97 Å². The SMILES string of the molecule is COc1cccc(NC(=O)CSc2nc(C)nc3c2oc2ccccc23)c1. The Labute approximate surface area is 159 Å². The second kappa shape index (κ2) is 7.28. The Balaban J connectivity index is 1.55. The molecule has 0 aliphatic heterocycles. The van der Waals surface area contributed by atoms with Gasteiger partial charge in [0.1, 0.15) is 27.7 Å². The molecule has 0 aliphatic carbocycles. The summed E-state index contributed by atoms with van der Waals surface area (Å²) in [6, 6.07) is 15.0. The van der Waals surface area contributed by atoms with Crippen molar-refractivity contribution in [3.8, 4) is 5.75 Å². The number of fused-ring (bicyclic) bond motifs is 3. The van der Waals surface area contributed by atoms with Gasteiger partial charge in [-0.1, -0.05) is 30.0 Å². The summed E-state index contributed by atoms with van der Waals surface area (Å²) in [5.41, 5.74) is 2.83. The topological polar surface area (TPSA) is 77.2 Å². The number of hydrogen-bond donors (Lipinski definition) is 1. The van der Waals surface area contributed by atoms with Gasteiger partial charge in [0.2, 0.25) is 5.91 Å². The van der Waals surface area contributed by atoms with Crippen LogP contribution >= 0.6 is 11.8 Å². The number of thioether (sulfide) groups is 1. The molecule has 0 saturated heterocycles. The summed E-state index contributed by atoms with van der Waals surface area (Å²) in [5.74, 6) is 1.41. The maximum atomic E-state index is 12.3. The highest BCUT2D eigenvalue weighted by atomic mass is 32.2. The number of furan rings is 1. The van der Waals surface area contributed by atoms with Crippen molar-refractivity contribution in [2.45, 2.75) is 11.9 Å². The van der Waals surface area contributed by atoms with Crippen LogP contribution in [-0.2, 0) is 4.79 Å². The Kier molecular flexibility index (Phi) is 4.68. The van der Waals surface area contributed by atoms with E-state index >= 15 is 0 Å². The van der Waals surface area contributed by atoms with E-state index in [4.69, 9.17) is 9.15 Å². The predicted molar refractivity (Wildman–Crippen MR) is 106 cm³/mol. The fourth-order valence-electron chi connectivity index (χ4n) is 2.80. The number of carbonyl (C=O) groups is 1. The van der Waals surface area contributed by atoms with Gasteiger partial charge in [0.15, 0.2) is 5.58 Å². The maximum Gasteiger partial charge on any atom is 0.234 e. The van der Waals surface area contributed by atoms with Gasteiger partial charge in [0, 0.05) is 17.1 Å². The van der Waals surface area contributed by atoms with Gasteiger partial charge in [0.25, 0.3) is 0 Å². The van der Waals surface area contributed by atoms with Crippen molar-refractivity contribution in [1.82, 2.24) is 9.97 Å². The monoisotopic (exact) mass is 379 g/mol. The van der Waals surface area contributed by atoms with E-state index in [1.165, 1.54) is 11.8 Å². The third-order valence-corrected chi connectivity index (χ3v) is 4.95. The first-order chi connectivity index (χ1) is 13.1. The predicted octanol–water partition coefficient (Wildman–Crippen LogP) is 4.42. The highest BCUT2D eigenvalue weighted by Gasteiger charge is 2.16. The first kappa shape index (κ1) is 17.4. The number of anilines is 1. The summed E-state index contributed by atoms with van der Waals surface area (Å²) in [5, 5.41) is 4.47. The average Bonchev–Trinajstić information content (AvgIpc) is 3.05. The van der Waals surface area contributed by atoms with E-state index in [1.54, 1.807) is 13.2 Å². The van der Waals surface area contributed by atoms with Gasteiger partial charge < -0.3 is 14.5 Å². The van der Waals surface area contributed by atoms with Gasteiger partial charge in [0.05, 0.1) is 12.9 Å². The normalized spacial score (nSPS) is 11.0. The number of methoxy groups -OCH3 is 1. The lowest BCUT2D eigenvalue weighted by molar-refractivity contribution is -0.113.